The van der Waals surface area contributed by atoms with Crippen LogP contribution in [0.2, 0.25) is 6.04 Å². The molecule has 0 aromatic heterocycles. The number of aliphatic hydroxyl groups excluding tert-OH is 3. The monoisotopic (exact) mass is 300 g/mol. The second-order valence-corrected chi connectivity index (χ2v) is 10.6. The maximum absolute atomic E-state index is 9.26. The fourth-order valence-electron chi connectivity index (χ4n) is 1.87. The van der Waals surface area contributed by atoms with Crippen LogP contribution in [0.4, 0.5) is 0 Å². The second kappa shape index (κ2) is 9.55. The van der Waals surface area contributed by atoms with E-state index in [1.165, 1.54) is 5.56 Å². The molecule has 0 fully saturated rings. The summed E-state index contributed by atoms with van der Waals surface area (Å²) in [6, 6.07) is 11.2. The molecule has 0 spiro atoms. The van der Waals surface area contributed by atoms with Gasteiger partial charge in [-0.05, 0) is 29.9 Å². The normalized spacial score (nSPS) is 11.7. The van der Waals surface area contributed by atoms with Gasteiger partial charge in [0.1, 0.15) is 8.07 Å². The Morgan fingerprint density at radius 3 is 2.11 bits per heavy atom. The molecule has 0 atom stereocenters. The van der Waals surface area contributed by atoms with Crippen molar-refractivity contribution in [1.29, 1.82) is 0 Å². The predicted octanol–water partition coefficient (Wildman–Crippen LogP) is 1.40. The first-order chi connectivity index (χ1) is 9.26. The highest BCUT2D eigenvalue weighted by atomic mass is 32.2. The van der Waals surface area contributed by atoms with E-state index in [0.717, 1.165) is 30.4 Å². The SMILES string of the molecule is OC[Si](CO)(CO)CCCSCCc1ccccc1. The number of aryl methyl sites for hydroxylation is 1. The van der Waals surface area contributed by atoms with E-state index in [-0.39, 0.29) is 18.7 Å². The lowest BCUT2D eigenvalue weighted by atomic mass is 10.2. The van der Waals surface area contributed by atoms with Gasteiger partial charge in [-0.1, -0.05) is 36.4 Å². The molecule has 0 aliphatic carbocycles. The lowest BCUT2D eigenvalue weighted by Gasteiger charge is -2.24. The lowest BCUT2D eigenvalue weighted by molar-refractivity contribution is 0.286. The van der Waals surface area contributed by atoms with Gasteiger partial charge in [0.15, 0.2) is 0 Å². The molecule has 0 heterocycles. The average molecular weight is 300 g/mol. The third-order valence-corrected chi connectivity index (χ3v) is 7.88. The second-order valence-electron chi connectivity index (χ2n) is 4.93. The first-order valence-electron chi connectivity index (χ1n) is 6.70. The molecule has 1 aromatic carbocycles. The predicted molar refractivity (Wildman–Crippen MR) is 83.9 cm³/mol. The molecule has 0 amide bonds. The molecule has 1 aromatic rings. The van der Waals surface area contributed by atoms with Crippen LogP contribution in [0.1, 0.15) is 12.0 Å². The maximum Gasteiger partial charge on any atom is 0.139 e. The van der Waals surface area contributed by atoms with Crippen molar-refractivity contribution in [2.45, 2.75) is 18.9 Å². The molecule has 1 rings (SSSR count). The standard InChI is InChI=1S/C14H24O3SSi/c15-11-19(12-16,13-17)10-4-8-18-9-7-14-5-2-1-3-6-14/h1-3,5-6,15-17H,4,7-13H2. The summed E-state index contributed by atoms with van der Waals surface area (Å²) in [5, 5.41) is 27.8. The highest BCUT2D eigenvalue weighted by Crippen LogP contribution is 2.15. The minimum atomic E-state index is -2.19. The average Bonchev–Trinajstić information content (AvgIpc) is 2.48. The van der Waals surface area contributed by atoms with E-state index in [1.54, 1.807) is 0 Å². The summed E-state index contributed by atoms with van der Waals surface area (Å²) in [5.74, 6) is 2.12. The summed E-state index contributed by atoms with van der Waals surface area (Å²) in [5.41, 5.74) is 1.36. The van der Waals surface area contributed by atoms with Gasteiger partial charge in [-0.3, -0.25) is 0 Å². The number of hydrogen-bond donors (Lipinski definition) is 3. The van der Waals surface area contributed by atoms with Crippen molar-refractivity contribution < 1.29 is 15.3 Å². The Labute approximate surface area is 120 Å². The van der Waals surface area contributed by atoms with E-state index in [9.17, 15) is 15.3 Å². The van der Waals surface area contributed by atoms with Gasteiger partial charge in [-0.15, -0.1) is 0 Å². The fraction of sp³-hybridized carbons (Fsp3) is 0.571. The fourth-order valence-corrected chi connectivity index (χ4v) is 4.76. The Balaban J connectivity index is 2.11. The van der Waals surface area contributed by atoms with Crippen molar-refractivity contribution in [3.8, 4) is 0 Å². The van der Waals surface area contributed by atoms with Crippen LogP contribution in [0.5, 0.6) is 0 Å². The first-order valence-corrected chi connectivity index (χ1v) is 10.7. The van der Waals surface area contributed by atoms with Gasteiger partial charge in [0.05, 0.1) is 0 Å². The number of aliphatic hydroxyl groups is 3. The van der Waals surface area contributed by atoms with Gasteiger partial charge in [-0.2, -0.15) is 11.8 Å². The molecule has 0 saturated carbocycles. The van der Waals surface area contributed by atoms with Gasteiger partial charge >= 0.3 is 0 Å². The van der Waals surface area contributed by atoms with Gasteiger partial charge in [0.2, 0.25) is 0 Å². The first kappa shape index (κ1) is 16.7. The molecular weight excluding hydrogens is 276 g/mol. The Bertz CT molecular complexity index is 322. The van der Waals surface area contributed by atoms with Crippen LogP contribution < -0.4 is 0 Å². The zero-order chi connectivity index (χ0) is 14.0. The summed E-state index contributed by atoms with van der Waals surface area (Å²) in [6.45, 7) is 0. The summed E-state index contributed by atoms with van der Waals surface area (Å²) in [6.07, 6.45) is 1.99. The van der Waals surface area contributed by atoms with E-state index in [4.69, 9.17) is 0 Å². The molecule has 0 aliphatic rings. The van der Waals surface area contributed by atoms with E-state index < -0.39 is 8.07 Å². The quantitative estimate of drug-likeness (QED) is 0.451. The summed E-state index contributed by atoms with van der Waals surface area (Å²) >= 11 is 1.90. The summed E-state index contributed by atoms with van der Waals surface area (Å²) in [4.78, 5) is 0. The highest BCUT2D eigenvalue weighted by molar-refractivity contribution is 7.99. The third kappa shape index (κ3) is 6.10. The molecule has 0 bridgehead atoms. The zero-order valence-corrected chi connectivity index (χ0v) is 13.1. The van der Waals surface area contributed by atoms with Gasteiger partial charge < -0.3 is 15.3 Å². The largest absolute Gasteiger partial charge is 0.399 e. The number of hydrogen-bond acceptors (Lipinski definition) is 4. The molecule has 3 nitrogen and oxygen atoms in total. The minimum absolute atomic E-state index is 0.0192. The van der Waals surface area contributed by atoms with Crippen LogP contribution in [0.25, 0.3) is 0 Å². The lowest BCUT2D eigenvalue weighted by Crippen LogP contribution is -2.48. The van der Waals surface area contributed by atoms with Crippen LogP contribution in [0, 0.1) is 0 Å². The van der Waals surface area contributed by atoms with Gasteiger partial charge in [-0.25, -0.2) is 0 Å². The van der Waals surface area contributed by atoms with Crippen molar-refractivity contribution in [2.75, 3.05) is 30.2 Å². The van der Waals surface area contributed by atoms with Crippen LogP contribution in [0.15, 0.2) is 30.3 Å². The molecule has 108 valence electrons. The molecule has 0 unspecified atom stereocenters. The Morgan fingerprint density at radius 2 is 1.53 bits per heavy atom. The summed E-state index contributed by atoms with van der Waals surface area (Å²) < 4.78 is 0. The van der Waals surface area contributed by atoms with Crippen molar-refractivity contribution >= 4 is 19.8 Å². The molecule has 0 aliphatic heterocycles. The van der Waals surface area contributed by atoms with Crippen LogP contribution >= 0.6 is 11.8 Å². The molecule has 0 radical (unpaired) electrons. The molecule has 5 heteroatoms. The van der Waals surface area contributed by atoms with Crippen LogP contribution in [-0.4, -0.2) is 53.6 Å². The Morgan fingerprint density at radius 1 is 0.895 bits per heavy atom. The van der Waals surface area contributed by atoms with Gasteiger partial charge in [0.25, 0.3) is 0 Å². The molecule has 3 N–H and O–H groups in total. The molecule has 0 saturated heterocycles. The van der Waals surface area contributed by atoms with Gasteiger partial charge in [0, 0.05) is 18.7 Å². The maximum atomic E-state index is 9.26. The minimum Gasteiger partial charge on any atom is -0.399 e. The Hall–Kier alpha value is -0.333. The van der Waals surface area contributed by atoms with Crippen LogP contribution in [0.3, 0.4) is 0 Å². The molecular formula is C14H24O3SSi. The molecule has 19 heavy (non-hydrogen) atoms. The topological polar surface area (TPSA) is 60.7 Å². The van der Waals surface area contributed by atoms with Crippen LogP contribution in [-0.2, 0) is 6.42 Å². The van der Waals surface area contributed by atoms with Crippen molar-refractivity contribution in [3.05, 3.63) is 35.9 Å². The Kier molecular flexibility index (Phi) is 8.41. The zero-order valence-electron chi connectivity index (χ0n) is 11.3. The number of rotatable bonds is 10. The van der Waals surface area contributed by atoms with Crippen molar-refractivity contribution in [2.24, 2.45) is 0 Å². The van der Waals surface area contributed by atoms with E-state index in [0.29, 0.717) is 0 Å². The third-order valence-electron chi connectivity index (χ3n) is 3.38. The smallest absolute Gasteiger partial charge is 0.139 e. The number of benzene rings is 1. The number of thioether (sulfide) groups is 1. The van der Waals surface area contributed by atoms with Crippen molar-refractivity contribution in [1.82, 2.24) is 0 Å². The highest BCUT2D eigenvalue weighted by Gasteiger charge is 2.30. The van der Waals surface area contributed by atoms with E-state index in [2.05, 4.69) is 24.3 Å². The van der Waals surface area contributed by atoms with E-state index in [1.807, 2.05) is 17.8 Å². The van der Waals surface area contributed by atoms with E-state index >= 15 is 0 Å². The summed E-state index contributed by atoms with van der Waals surface area (Å²) in [7, 11) is -2.19. The van der Waals surface area contributed by atoms with Crippen molar-refractivity contribution in [3.63, 3.8) is 0 Å².